The number of methoxy groups -OCH3 is 1. The number of hydrogen-bond donors (Lipinski definition) is 0. The number of ether oxygens (including phenoxy) is 3. The average Bonchev–Trinajstić information content (AvgIpc) is 2.64. The summed E-state index contributed by atoms with van der Waals surface area (Å²) in [4.78, 5) is 11.5. The van der Waals surface area contributed by atoms with E-state index < -0.39 is 28.8 Å². The van der Waals surface area contributed by atoms with Crippen LogP contribution in [0.1, 0.15) is 34.1 Å². The van der Waals surface area contributed by atoms with E-state index >= 15 is 0 Å². The Hall–Kier alpha value is -2.89. The molecule has 2 rings (SSSR count). The SMILES string of the molecule is C=CC(=O)OC(C)(C)CC(C)(C)Oc1ccc(-c2ccc(OC)cc2)c(F)c1F. The van der Waals surface area contributed by atoms with Crippen molar-refractivity contribution in [2.24, 2.45) is 0 Å². The van der Waals surface area contributed by atoms with Gasteiger partial charge in [0.05, 0.1) is 7.11 Å². The van der Waals surface area contributed by atoms with Crippen molar-refractivity contribution in [1.29, 1.82) is 0 Å². The molecule has 0 saturated carbocycles. The molecule has 0 aromatic heterocycles. The van der Waals surface area contributed by atoms with Crippen molar-refractivity contribution in [2.75, 3.05) is 7.11 Å². The Kier molecular flexibility index (Phi) is 6.67. The van der Waals surface area contributed by atoms with Crippen LogP contribution in [0.2, 0.25) is 0 Å². The van der Waals surface area contributed by atoms with Crippen LogP contribution in [0, 0.1) is 11.6 Å². The van der Waals surface area contributed by atoms with Gasteiger partial charge in [0.25, 0.3) is 0 Å². The molecule has 0 spiro atoms. The van der Waals surface area contributed by atoms with Crippen LogP contribution in [0.25, 0.3) is 11.1 Å². The van der Waals surface area contributed by atoms with E-state index in [9.17, 15) is 13.6 Å². The molecule has 0 atom stereocenters. The van der Waals surface area contributed by atoms with Gasteiger partial charge in [-0.3, -0.25) is 0 Å². The molecule has 0 N–H and O–H groups in total. The fourth-order valence-electron chi connectivity index (χ4n) is 3.31. The molecule has 0 radical (unpaired) electrons. The van der Waals surface area contributed by atoms with Crippen molar-refractivity contribution in [3.05, 3.63) is 60.7 Å². The van der Waals surface area contributed by atoms with Gasteiger partial charge < -0.3 is 14.2 Å². The van der Waals surface area contributed by atoms with E-state index in [-0.39, 0.29) is 17.7 Å². The Morgan fingerprint density at radius 1 is 1.00 bits per heavy atom. The van der Waals surface area contributed by atoms with Crippen LogP contribution >= 0.6 is 0 Å². The zero-order valence-corrected chi connectivity index (χ0v) is 17.3. The quantitative estimate of drug-likeness (QED) is 0.418. The van der Waals surface area contributed by atoms with E-state index in [1.807, 2.05) is 0 Å². The van der Waals surface area contributed by atoms with E-state index in [1.165, 1.54) is 19.2 Å². The summed E-state index contributed by atoms with van der Waals surface area (Å²) in [6.07, 6.45) is 1.32. The normalized spacial score (nSPS) is 11.7. The molecule has 0 heterocycles. The minimum Gasteiger partial charge on any atom is -0.497 e. The maximum atomic E-state index is 14.7. The number of benzene rings is 2. The second-order valence-corrected chi connectivity index (χ2v) is 7.89. The number of halogens is 2. The van der Waals surface area contributed by atoms with Crippen molar-refractivity contribution in [3.8, 4) is 22.6 Å². The molecule has 0 fully saturated rings. The molecule has 0 saturated heterocycles. The van der Waals surface area contributed by atoms with Gasteiger partial charge in [-0.15, -0.1) is 0 Å². The third-order valence-corrected chi connectivity index (χ3v) is 4.23. The molecule has 156 valence electrons. The first-order chi connectivity index (χ1) is 13.5. The maximum absolute atomic E-state index is 14.7. The molecule has 2 aromatic rings. The zero-order chi connectivity index (χ0) is 21.8. The van der Waals surface area contributed by atoms with Gasteiger partial charge in [-0.05, 0) is 57.5 Å². The molecule has 2 aromatic carbocycles. The lowest BCUT2D eigenvalue weighted by atomic mass is 9.92. The van der Waals surface area contributed by atoms with Crippen LogP contribution in [0.3, 0.4) is 0 Å². The Morgan fingerprint density at radius 3 is 2.17 bits per heavy atom. The van der Waals surface area contributed by atoms with E-state index in [4.69, 9.17) is 14.2 Å². The topological polar surface area (TPSA) is 44.8 Å². The average molecular weight is 404 g/mol. The minimum absolute atomic E-state index is 0.121. The molecule has 0 aliphatic heterocycles. The van der Waals surface area contributed by atoms with Crippen LogP contribution in [0.15, 0.2) is 49.1 Å². The Labute approximate surface area is 170 Å². The Balaban J connectivity index is 2.23. The predicted octanol–water partition coefficient (Wildman–Crippen LogP) is 5.70. The second-order valence-electron chi connectivity index (χ2n) is 7.89. The molecule has 4 nitrogen and oxygen atoms in total. The number of carbonyl (C=O) groups excluding carboxylic acids is 1. The Bertz CT molecular complexity index is 886. The zero-order valence-electron chi connectivity index (χ0n) is 17.3. The van der Waals surface area contributed by atoms with E-state index in [2.05, 4.69) is 6.58 Å². The summed E-state index contributed by atoms with van der Waals surface area (Å²) < 4.78 is 45.5. The van der Waals surface area contributed by atoms with Crippen molar-refractivity contribution in [3.63, 3.8) is 0 Å². The van der Waals surface area contributed by atoms with Gasteiger partial charge >= 0.3 is 5.97 Å². The van der Waals surface area contributed by atoms with Crippen molar-refractivity contribution in [1.82, 2.24) is 0 Å². The van der Waals surface area contributed by atoms with Gasteiger partial charge in [-0.2, -0.15) is 4.39 Å². The maximum Gasteiger partial charge on any atom is 0.330 e. The Morgan fingerprint density at radius 2 is 1.62 bits per heavy atom. The van der Waals surface area contributed by atoms with Gasteiger partial charge in [0.1, 0.15) is 17.0 Å². The molecule has 0 amide bonds. The minimum atomic E-state index is -1.08. The number of carbonyl (C=O) groups is 1. The lowest BCUT2D eigenvalue weighted by Gasteiger charge is -2.34. The second kappa shape index (κ2) is 8.64. The number of hydrogen-bond acceptors (Lipinski definition) is 4. The lowest BCUT2D eigenvalue weighted by molar-refractivity contribution is -0.154. The van der Waals surface area contributed by atoms with Gasteiger partial charge in [0, 0.05) is 18.1 Å². The highest BCUT2D eigenvalue weighted by atomic mass is 19.2. The molecular formula is C23H26F2O4. The predicted molar refractivity (Wildman–Crippen MR) is 108 cm³/mol. The summed E-state index contributed by atoms with van der Waals surface area (Å²) in [7, 11) is 1.53. The molecule has 6 heteroatoms. The monoisotopic (exact) mass is 404 g/mol. The highest BCUT2D eigenvalue weighted by Crippen LogP contribution is 2.34. The molecule has 0 aliphatic rings. The molecular weight excluding hydrogens is 378 g/mol. The van der Waals surface area contributed by atoms with E-state index in [0.717, 1.165) is 6.08 Å². The van der Waals surface area contributed by atoms with Crippen molar-refractivity contribution >= 4 is 5.97 Å². The first kappa shape index (κ1) is 22.4. The summed E-state index contributed by atoms with van der Waals surface area (Å²) in [6.45, 7) is 10.2. The smallest absolute Gasteiger partial charge is 0.330 e. The summed E-state index contributed by atoms with van der Waals surface area (Å²) in [5.74, 6) is -2.23. The van der Waals surface area contributed by atoms with Crippen LogP contribution in [0.5, 0.6) is 11.5 Å². The molecule has 0 aliphatic carbocycles. The fourth-order valence-corrected chi connectivity index (χ4v) is 3.31. The number of esters is 1. The first-order valence-electron chi connectivity index (χ1n) is 9.15. The van der Waals surface area contributed by atoms with Gasteiger partial charge in [-0.1, -0.05) is 18.7 Å². The standard InChI is InChI=1S/C23H26F2O4/c1-7-19(26)29-23(4,5)14-22(2,3)28-18-13-12-17(20(24)21(18)25)15-8-10-16(27-6)11-9-15/h7-13H,1,14H2,2-6H3. The lowest BCUT2D eigenvalue weighted by Crippen LogP contribution is -2.40. The highest BCUT2D eigenvalue weighted by molar-refractivity contribution is 5.81. The molecule has 29 heavy (non-hydrogen) atoms. The first-order valence-corrected chi connectivity index (χ1v) is 9.15. The number of rotatable bonds is 8. The van der Waals surface area contributed by atoms with Gasteiger partial charge in [0.15, 0.2) is 11.6 Å². The third kappa shape index (κ3) is 5.79. The van der Waals surface area contributed by atoms with Crippen LogP contribution in [0.4, 0.5) is 8.78 Å². The van der Waals surface area contributed by atoms with Gasteiger partial charge in [-0.25, -0.2) is 9.18 Å². The van der Waals surface area contributed by atoms with Gasteiger partial charge in [0.2, 0.25) is 5.82 Å². The third-order valence-electron chi connectivity index (χ3n) is 4.23. The largest absolute Gasteiger partial charge is 0.497 e. The summed E-state index contributed by atoms with van der Waals surface area (Å²) in [5.41, 5.74) is -1.17. The van der Waals surface area contributed by atoms with E-state index in [0.29, 0.717) is 11.3 Å². The van der Waals surface area contributed by atoms with Crippen molar-refractivity contribution < 1.29 is 27.8 Å². The summed E-state index contributed by atoms with van der Waals surface area (Å²) >= 11 is 0. The summed E-state index contributed by atoms with van der Waals surface area (Å²) in [5, 5.41) is 0. The fraction of sp³-hybridized carbons (Fsp3) is 0.348. The van der Waals surface area contributed by atoms with E-state index in [1.54, 1.807) is 52.0 Å². The van der Waals surface area contributed by atoms with Crippen LogP contribution in [-0.2, 0) is 9.53 Å². The highest BCUT2D eigenvalue weighted by Gasteiger charge is 2.34. The van der Waals surface area contributed by atoms with Crippen molar-refractivity contribution in [2.45, 2.75) is 45.3 Å². The molecule has 0 bridgehead atoms. The summed E-state index contributed by atoms with van der Waals surface area (Å²) in [6, 6.07) is 9.51. The molecule has 0 unspecified atom stereocenters. The van der Waals surface area contributed by atoms with Crippen LogP contribution < -0.4 is 9.47 Å². The van der Waals surface area contributed by atoms with Crippen LogP contribution in [-0.4, -0.2) is 24.3 Å².